The molecule has 1 N–H and O–H groups in total. The average Bonchev–Trinajstić information content (AvgIpc) is 3.16. The zero-order chi connectivity index (χ0) is 21.3. The highest BCUT2D eigenvalue weighted by molar-refractivity contribution is 5.90. The fourth-order valence-corrected chi connectivity index (χ4v) is 3.11. The van der Waals surface area contributed by atoms with Crippen LogP contribution in [0.1, 0.15) is 16.2 Å². The third-order valence-electron chi connectivity index (χ3n) is 4.67. The minimum atomic E-state index is -0.389. The zero-order valence-electron chi connectivity index (χ0n) is 16.6. The molecule has 0 radical (unpaired) electrons. The standard InChI is InChI=1S/C21H21FN4O4/c1-25(2)10-14-5-8-16(9-18(14)22)29-17-11-26(12-17)21(28)20-24-23-19(30-20)13-3-6-15(27)7-4-13/h3-9,17,27H,10-12H2,1-2H3. The number of halogens is 1. The Morgan fingerprint density at radius 1 is 1.23 bits per heavy atom. The molecule has 1 amide bonds. The number of aromatic hydroxyl groups is 1. The molecule has 2 heterocycles. The van der Waals surface area contributed by atoms with Crippen LogP contribution < -0.4 is 4.74 Å². The highest BCUT2D eigenvalue weighted by Gasteiger charge is 2.35. The number of hydrogen-bond donors (Lipinski definition) is 1. The van der Waals surface area contributed by atoms with E-state index in [1.807, 2.05) is 19.0 Å². The Morgan fingerprint density at radius 3 is 2.63 bits per heavy atom. The third kappa shape index (κ3) is 4.25. The van der Waals surface area contributed by atoms with Gasteiger partial charge in [-0.15, -0.1) is 10.2 Å². The van der Waals surface area contributed by atoms with E-state index < -0.39 is 0 Å². The number of aromatic nitrogens is 2. The minimum Gasteiger partial charge on any atom is -0.508 e. The second-order valence-electron chi connectivity index (χ2n) is 7.40. The molecule has 1 aromatic heterocycles. The van der Waals surface area contributed by atoms with Crippen molar-refractivity contribution in [3.05, 3.63) is 59.7 Å². The van der Waals surface area contributed by atoms with Gasteiger partial charge in [0.2, 0.25) is 5.89 Å². The Morgan fingerprint density at radius 2 is 1.97 bits per heavy atom. The van der Waals surface area contributed by atoms with E-state index in [1.54, 1.807) is 24.3 Å². The Bertz CT molecular complexity index is 1050. The van der Waals surface area contributed by atoms with E-state index in [-0.39, 0.29) is 35.4 Å². The number of nitrogens with zero attached hydrogens (tertiary/aromatic N) is 4. The number of phenolic OH excluding ortho intramolecular Hbond substituents is 1. The van der Waals surface area contributed by atoms with Gasteiger partial charge in [0.25, 0.3) is 0 Å². The molecule has 30 heavy (non-hydrogen) atoms. The van der Waals surface area contributed by atoms with Gasteiger partial charge in [-0.2, -0.15) is 0 Å². The van der Waals surface area contributed by atoms with Crippen molar-refractivity contribution in [2.24, 2.45) is 0 Å². The smallest absolute Gasteiger partial charge is 0.311 e. The van der Waals surface area contributed by atoms with Crippen molar-refractivity contribution in [3.8, 4) is 23.0 Å². The van der Waals surface area contributed by atoms with Gasteiger partial charge in [0.15, 0.2) is 0 Å². The summed E-state index contributed by atoms with van der Waals surface area (Å²) in [5, 5.41) is 17.0. The summed E-state index contributed by atoms with van der Waals surface area (Å²) >= 11 is 0. The van der Waals surface area contributed by atoms with Crippen LogP contribution in [0.4, 0.5) is 4.39 Å². The number of amides is 1. The predicted octanol–water partition coefficient (Wildman–Crippen LogP) is 2.55. The number of hydrogen-bond acceptors (Lipinski definition) is 7. The van der Waals surface area contributed by atoms with Gasteiger partial charge in [0.05, 0.1) is 13.1 Å². The quantitative estimate of drug-likeness (QED) is 0.665. The second-order valence-corrected chi connectivity index (χ2v) is 7.40. The van der Waals surface area contributed by atoms with Gasteiger partial charge in [-0.25, -0.2) is 4.39 Å². The molecule has 156 valence electrons. The normalized spacial score (nSPS) is 14.1. The summed E-state index contributed by atoms with van der Waals surface area (Å²) < 4.78 is 25.4. The zero-order valence-corrected chi connectivity index (χ0v) is 16.6. The first-order valence-corrected chi connectivity index (χ1v) is 9.41. The van der Waals surface area contributed by atoms with Crippen LogP contribution >= 0.6 is 0 Å². The molecule has 1 aliphatic rings. The Kier molecular flexibility index (Phi) is 5.37. The second kappa shape index (κ2) is 8.11. The fourth-order valence-electron chi connectivity index (χ4n) is 3.11. The molecule has 0 atom stereocenters. The van der Waals surface area contributed by atoms with Crippen molar-refractivity contribution in [1.82, 2.24) is 20.0 Å². The summed E-state index contributed by atoms with van der Waals surface area (Å²) in [5.74, 6) is -0.0792. The third-order valence-corrected chi connectivity index (χ3v) is 4.67. The van der Waals surface area contributed by atoms with Crippen LogP contribution in [0.2, 0.25) is 0 Å². The monoisotopic (exact) mass is 412 g/mol. The van der Waals surface area contributed by atoms with Gasteiger partial charge in [-0.05, 0) is 44.4 Å². The lowest BCUT2D eigenvalue weighted by Gasteiger charge is -2.38. The number of benzene rings is 2. The first-order chi connectivity index (χ1) is 14.4. The number of carbonyl (C=O) groups is 1. The first kappa shape index (κ1) is 19.8. The summed E-state index contributed by atoms with van der Waals surface area (Å²) in [6.45, 7) is 1.20. The molecule has 4 rings (SSSR count). The minimum absolute atomic E-state index is 0.115. The lowest BCUT2D eigenvalue weighted by Crippen LogP contribution is -2.56. The molecule has 1 fully saturated rings. The predicted molar refractivity (Wildman–Crippen MR) is 106 cm³/mol. The van der Waals surface area contributed by atoms with Crippen molar-refractivity contribution >= 4 is 5.91 Å². The molecular formula is C21H21FN4O4. The van der Waals surface area contributed by atoms with E-state index in [0.29, 0.717) is 36.5 Å². The van der Waals surface area contributed by atoms with Crippen molar-refractivity contribution < 1.29 is 23.4 Å². The van der Waals surface area contributed by atoms with Gasteiger partial charge in [-0.3, -0.25) is 4.79 Å². The lowest BCUT2D eigenvalue weighted by molar-refractivity contribution is 0.0148. The summed E-state index contributed by atoms with van der Waals surface area (Å²) in [4.78, 5) is 15.9. The number of carbonyl (C=O) groups excluding carboxylic acids is 1. The van der Waals surface area contributed by atoms with Crippen LogP contribution in [0.3, 0.4) is 0 Å². The molecule has 0 saturated carbocycles. The summed E-state index contributed by atoms with van der Waals surface area (Å²) in [6, 6.07) is 11.0. The largest absolute Gasteiger partial charge is 0.508 e. The SMILES string of the molecule is CN(C)Cc1ccc(OC2CN(C(=O)c3nnc(-c4ccc(O)cc4)o3)C2)cc1F. The van der Waals surface area contributed by atoms with Crippen LogP contribution in [0.25, 0.3) is 11.5 Å². The number of rotatable bonds is 6. The van der Waals surface area contributed by atoms with Crippen molar-refractivity contribution in [2.75, 3.05) is 27.2 Å². The Balaban J connectivity index is 1.33. The van der Waals surface area contributed by atoms with E-state index in [2.05, 4.69) is 10.2 Å². The molecule has 0 spiro atoms. The van der Waals surface area contributed by atoms with Gasteiger partial charge in [0, 0.05) is 23.7 Å². The van der Waals surface area contributed by atoms with Crippen LogP contribution in [0.15, 0.2) is 46.9 Å². The number of ether oxygens (including phenoxy) is 1. The molecular weight excluding hydrogens is 391 g/mol. The topological polar surface area (TPSA) is 91.9 Å². The van der Waals surface area contributed by atoms with E-state index in [1.165, 1.54) is 23.1 Å². The Labute approximate surface area is 172 Å². The molecule has 0 bridgehead atoms. The van der Waals surface area contributed by atoms with Crippen molar-refractivity contribution in [2.45, 2.75) is 12.6 Å². The van der Waals surface area contributed by atoms with Crippen molar-refractivity contribution in [3.63, 3.8) is 0 Å². The van der Waals surface area contributed by atoms with Gasteiger partial charge in [-0.1, -0.05) is 6.07 Å². The average molecular weight is 412 g/mol. The van der Waals surface area contributed by atoms with E-state index in [9.17, 15) is 14.3 Å². The van der Waals surface area contributed by atoms with Crippen LogP contribution in [-0.4, -0.2) is 64.3 Å². The molecule has 0 aliphatic carbocycles. The molecule has 2 aromatic carbocycles. The first-order valence-electron chi connectivity index (χ1n) is 9.41. The number of likely N-dealkylation sites (tertiary alicyclic amines) is 1. The molecule has 0 unspecified atom stereocenters. The fraction of sp³-hybridized carbons (Fsp3) is 0.286. The molecule has 9 heteroatoms. The number of phenols is 1. The lowest BCUT2D eigenvalue weighted by atomic mass is 10.1. The molecule has 1 aliphatic heterocycles. The van der Waals surface area contributed by atoms with Crippen LogP contribution in [-0.2, 0) is 6.54 Å². The van der Waals surface area contributed by atoms with Crippen LogP contribution in [0.5, 0.6) is 11.5 Å². The molecule has 3 aromatic rings. The maximum atomic E-state index is 14.2. The van der Waals surface area contributed by atoms with E-state index in [4.69, 9.17) is 9.15 Å². The van der Waals surface area contributed by atoms with E-state index >= 15 is 0 Å². The van der Waals surface area contributed by atoms with Gasteiger partial charge in [0.1, 0.15) is 23.4 Å². The Hall–Kier alpha value is -3.46. The van der Waals surface area contributed by atoms with Crippen molar-refractivity contribution in [1.29, 1.82) is 0 Å². The maximum Gasteiger partial charge on any atom is 0.311 e. The summed E-state index contributed by atoms with van der Waals surface area (Å²) in [5.41, 5.74) is 1.20. The van der Waals surface area contributed by atoms with Gasteiger partial charge < -0.3 is 24.1 Å². The van der Waals surface area contributed by atoms with E-state index in [0.717, 1.165) is 0 Å². The molecule has 1 saturated heterocycles. The summed E-state index contributed by atoms with van der Waals surface area (Å²) in [7, 11) is 3.75. The summed E-state index contributed by atoms with van der Waals surface area (Å²) in [6.07, 6.45) is -0.229. The molecule has 8 nitrogen and oxygen atoms in total. The van der Waals surface area contributed by atoms with Crippen LogP contribution in [0, 0.1) is 5.82 Å². The maximum absolute atomic E-state index is 14.2. The highest BCUT2D eigenvalue weighted by atomic mass is 19.1. The highest BCUT2D eigenvalue weighted by Crippen LogP contribution is 2.24. The van der Waals surface area contributed by atoms with Gasteiger partial charge >= 0.3 is 11.8 Å².